The fourth-order valence-electron chi connectivity index (χ4n) is 2.97. The van der Waals surface area contributed by atoms with Crippen LogP contribution in [0.2, 0.25) is 0 Å². The molecular weight excluding hydrogens is 318 g/mol. The van der Waals surface area contributed by atoms with Crippen molar-refractivity contribution in [2.45, 2.75) is 13.5 Å². The Hall–Kier alpha value is -2.66. The average molecular weight is 335 g/mol. The number of nitrogens with one attached hydrogen (secondary N) is 1. The standard InChI is InChI=1S/C19H17N3OS/c1-12-6-2-3-7-13(12)10-22-11-15(23)17(18(22)20)19-21-14-8-4-5-9-16(14)24-19/h2-9,20,23H,10-11H2,1H3. The van der Waals surface area contributed by atoms with Crippen LogP contribution < -0.4 is 0 Å². The first-order valence-corrected chi connectivity index (χ1v) is 8.61. The number of aliphatic hydroxyl groups excluding tert-OH is 1. The molecular formula is C19H17N3OS. The van der Waals surface area contributed by atoms with Crippen LogP contribution in [-0.4, -0.2) is 27.4 Å². The zero-order valence-corrected chi connectivity index (χ0v) is 14.1. The second-order valence-corrected chi connectivity index (χ2v) is 6.97. The second-order valence-electron chi connectivity index (χ2n) is 5.94. The Morgan fingerprint density at radius 3 is 2.71 bits per heavy atom. The first kappa shape index (κ1) is 14.9. The van der Waals surface area contributed by atoms with Gasteiger partial charge in [0, 0.05) is 6.54 Å². The van der Waals surface area contributed by atoms with Gasteiger partial charge in [-0.1, -0.05) is 36.4 Å². The first-order valence-electron chi connectivity index (χ1n) is 7.80. The van der Waals surface area contributed by atoms with Crippen molar-refractivity contribution in [3.05, 3.63) is 70.4 Å². The number of benzene rings is 2. The number of rotatable bonds is 3. The molecule has 0 saturated heterocycles. The zero-order valence-electron chi connectivity index (χ0n) is 13.3. The van der Waals surface area contributed by atoms with Crippen molar-refractivity contribution in [2.75, 3.05) is 6.54 Å². The van der Waals surface area contributed by atoms with Crippen LogP contribution in [0, 0.1) is 12.3 Å². The number of aliphatic hydroxyl groups is 1. The number of hydrogen-bond acceptors (Lipinski definition) is 4. The van der Waals surface area contributed by atoms with Gasteiger partial charge in [-0.15, -0.1) is 11.3 Å². The fourth-order valence-corrected chi connectivity index (χ4v) is 4.00. The molecule has 0 saturated carbocycles. The highest BCUT2D eigenvalue weighted by atomic mass is 32.1. The van der Waals surface area contributed by atoms with Gasteiger partial charge in [0.05, 0.1) is 22.3 Å². The van der Waals surface area contributed by atoms with Crippen LogP contribution in [0.25, 0.3) is 15.8 Å². The molecule has 4 rings (SSSR count). The van der Waals surface area contributed by atoms with E-state index in [0.29, 0.717) is 29.5 Å². The number of aryl methyl sites for hydroxylation is 1. The average Bonchev–Trinajstić information content (AvgIpc) is 3.10. The molecule has 0 unspecified atom stereocenters. The second kappa shape index (κ2) is 5.76. The van der Waals surface area contributed by atoms with Crippen molar-refractivity contribution in [3.8, 4) is 0 Å². The number of fused-ring (bicyclic) bond motifs is 1. The summed E-state index contributed by atoms with van der Waals surface area (Å²) in [5.41, 5.74) is 3.83. The highest BCUT2D eigenvalue weighted by Crippen LogP contribution is 2.33. The Morgan fingerprint density at radius 1 is 1.17 bits per heavy atom. The van der Waals surface area contributed by atoms with Crippen LogP contribution in [0.4, 0.5) is 0 Å². The minimum atomic E-state index is 0.229. The van der Waals surface area contributed by atoms with Gasteiger partial charge >= 0.3 is 0 Å². The van der Waals surface area contributed by atoms with Crippen LogP contribution in [0.5, 0.6) is 0 Å². The molecule has 0 radical (unpaired) electrons. The van der Waals surface area contributed by atoms with E-state index in [1.165, 1.54) is 22.5 Å². The van der Waals surface area contributed by atoms with Crippen molar-refractivity contribution in [3.63, 3.8) is 0 Å². The van der Waals surface area contributed by atoms with E-state index in [1.54, 1.807) is 0 Å². The monoisotopic (exact) mass is 335 g/mol. The number of nitrogens with zero attached hydrogens (tertiary/aromatic N) is 2. The fraction of sp³-hybridized carbons (Fsp3) is 0.158. The van der Waals surface area contributed by atoms with Crippen molar-refractivity contribution >= 4 is 33.0 Å². The van der Waals surface area contributed by atoms with Crippen molar-refractivity contribution in [1.82, 2.24) is 9.88 Å². The summed E-state index contributed by atoms with van der Waals surface area (Å²) in [6, 6.07) is 16.0. The number of amidine groups is 1. The lowest BCUT2D eigenvalue weighted by Gasteiger charge is -2.19. The van der Waals surface area contributed by atoms with Crippen LogP contribution in [-0.2, 0) is 6.54 Å². The van der Waals surface area contributed by atoms with Crippen molar-refractivity contribution in [2.24, 2.45) is 0 Å². The Kier molecular flexibility index (Phi) is 3.58. The van der Waals surface area contributed by atoms with Gasteiger partial charge in [-0.2, -0.15) is 0 Å². The molecule has 0 atom stereocenters. The summed E-state index contributed by atoms with van der Waals surface area (Å²) in [6.45, 7) is 3.04. The zero-order chi connectivity index (χ0) is 16.7. The number of aromatic nitrogens is 1. The molecule has 2 heterocycles. The lowest BCUT2D eigenvalue weighted by Crippen LogP contribution is -2.26. The first-order chi connectivity index (χ1) is 11.6. The largest absolute Gasteiger partial charge is 0.510 e. The molecule has 0 aliphatic carbocycles. The van der Waals surface area contributed by atoms with E-state index >= 15 is 0 Å². The molecule has 1 aliphatic heterocycles. The van der Waals surface area contributed by atoms with E-state index in [9.17, 15) is 5.11 Å². The summed E-state index contributed by atoms with van der Waals surface area (Å²) in [4.78, 5) is 6.48. The Balaban J connectivity index is 1.64. The van der Waals surface area contributed by atoms with Gasteiger partial charge in [-0.3, -0.25) is 5.41 Å². The van der Waals surface area contributed by atoms with Gasteiger partial charge in [0.2, 0.25) is 0 Å². The van der Waals surface area contributed by atoms with E-state index in [2.05, 4.69) is 24.0 Å². The molecule has 0 amide bonds. The van der Waals surface area contributed by atoms with Crippen molar-refractivity contribution in [1.29, 1.82) is 5.41 Å². The number of para-hydroxylation sites is 1. The van der Waals surface area contributed by atoms with Gasteiger partial charge in [-0.25, -0.2) is 4.98 Å². The van der Waals surface area contributed by atoms with Crippen LogP contribution in [0.3, 0.4) is 0 Å². The molecule has 120 valence electrons. The number of thiazole rings is 1. The number of hydrogen-bond donors (Lipinski definition) is 2. The Morgan fingerprint density at radius 2 is 1.92 bits per heavy atom. The summed E-state index contributed by atoms with van der Waals surface area (Å²) >= 11 is 1.52. The van der Waals surface area contributed by atoms with Crippen molar-refractivity contribution < 1.29 is 5.11 Å². The molecule has 4 nitrogen and oxygen atoms in total. The topological polar surface area (TPSA) is 60.2 Å². The third kappa shape index (κ3) is 2.47. The van der Waals surface area contributed by atoms with Crippen LogP contribution in [0.15, 0.2) is 54.3 Å². The molecule has 1 aliphatic rings. The molecule has 3 aromatic rings. The van der Waals surface area contributed by atoms with Crippen LogP contribution in [0.1, 0.15) is 16.1 Å². The summed E-state index contributed by atoms with van der Waals surface area (Å²) in [5.74, 6) is 0.572. The highest BCUT2D eigenvalue weighted by molar-refractivity contribution is 7.19. The van der Waals surface area contributed by atoms with Gasteiger partial charge in [-0.05, 0) is 30.2 Å². The normalized spacial score (nSPS) is 14.9. The quantitative estimate of drug-likeness (QED) is 0.747. The third-order valence-corrected chi connectivity index (χ3v) is 5.37. The Labute approximate surface area is 144 Å². The van der Waals surface area contributed by atoms with Gasteiger partial charge in [0.1, 0.15) is 16.6 Å². The minimum absolute atomic E-state index is 0.229. The molecule has 0 bridgehead atoms. The van der Waals surface area contributed by atoms with Gasteiger partial charge in [0.15, 0.2) is 0 Å². The highest BCUT2D eigenvalue weighted by Gasteiger charge is 2.30. The van der Waals surface area contributed by atoms with E-state index in [0.717, 1.165) is 10.2 Å². The maximum atomic E-state index is 10.4. The molecule has 2 N–H and O–H groups in total. The van der Waals surface area contributed by atoms with Gasteiger partial charge in [0.25, 0.3) is 0 Å². The maximum absolute atomic E-state index is 10.4. The lowest BCUT2D eigenvalue weighted by atomic mass is 10.1. The molecule has 1 aromatic heterocycles. The summed E-state index contributed by atoms with van der Waals surface area (Å²) in [5, 5.41) is 19.6. The maximum Gasteiger partial charge on any atom is 0.135 e. The van der Waals surface area contributed by atoms with E-state index < -0.39 is 0 Å². The predicted octanol–water partition coefficient (Wildman–Crippen LogP) is 4.37. The van der Waals surface area contributed by atoms with E-state index in [-0.39, 0.29) is 5.76 Å². The SMILES string of the molecule is Cc1ccccc1CN1CC(O)=C(c2nc3ccccc3s2)C1=N. The summed E-state index contributed by atoms with van der Waals surface area (Å²) < 4.78 is 1.07. The van der Waals surface area contributed by atoms with Gasteiger partial charge < -0.3 is 10.0 Å². The molecule has 0 fully saturated rings. The predicted molar refractivity (Wildman–Crippen MR) is 98.5 cm³/mol. The summed E-state index contributed by atoms with van der Waals surface area (Å²) in [7, 11) is 0. The third-order valence-electron chi connectivity index (χ3n) is 4.31. The van der Waals surface area contributed by atoms with Crippen LogP contribution >= 0.6 is 11.3 Å². The Bertz CT molecular complexity index is 940. The minimum Gasteiger partial charge on any atom is -0.510 e. The lowest BCUT2D eigenvalue weighted by molar-refractivity contribution is 0.346. The molecule has 5 heteroatoms. The molecule has 2 aromatic carbocycles. The van der Waals surface area contributed by atoms with E-state index in [4.69, 9.17) is 5.41 Å². The molecule has 0 spiro atoms. The summed E-state index contributed by atoms with van der Waals surface area (Å²) in [6.07, 6.45) is 0. The molecule has 24 heavy (non-hydrogen) atoms. The smallest absolute Gasteiger partial charge is 0.135 e. The van der Waals surface area contributed by atoms with E-state index in [1.807, 2.05) is 41.3 Å².